The predicted octanol–water partition coefficient (Wildman–Crippen LogP) is 1.07. The van der Waals surface area contributed by atoms with Gasteiger partial charge >= 0.3 is 0 Å². The van der Waals surface area contributed by atoms with Gasteiger partial charge in [-0.3, -0.25) is 9.69 Å². The number of piperazine rings is 1. The van der Waals surface area contributed by atoms with Gasteiger partial charge in [0, 0.05) is 45.3 Å². The fraction of sp³-hybridized carbons (Fsp3) is 0.467. The topological polar surface area (TPSA) is 59.4 Å². The Morgan fingerprint density at radius 3 is 2.95 bits per heavy atom. The molecule has 0 bridgehead atoms. The van der Waals surface area contributed by atoms with Crippen molar-refractivity contribution in [3.05, 3.63) is 34.3 Å². The molecule has 1 saturated heterocycles. The third kappa shape index (κ3) is 3.73. The van der Waals surface area contributed by atoms with Gasteiger partial charge in [-0.15, -0.1) is 0 Å². The maximum atomic E-state index is 12.3. The maximum Gasteiger partial charge on any atom is 0.240 e. The number of hydrogen-bond donors (Lipinski definition) is 1. The van der Waals surface area contributed by atoms with E-state index in [9.17, 15) is 4.79 Å². The van der Waals surface area contributed by atoms with Crippen LogP contribution in [0.1, 0.15) is 11.1 Å². The van der Waals surface area contributed by atoms with Crippen molar-refractivity contribution < 1.29 is 4.79 Å². The van der Waals surface area contributed by atoms with E-state index in [4.69, 9.17) is 16.9 Å². The first-order chi connectivity index (χ1) is 10.0. The highest BCUT2D eigenvalue weighted by atomic mass is 35.5. The zero-order valence-electron chi connectivity index (χ0n) is 12.3. The van der Waals surface area contributed by atoms with Crippen LogP contribution in [0.4, 0.5) is 0 Å². The average Bonchev–Trinajstić information content (AvgIpc) is 2.49. The summed E-state index contributed by atoms with van der Waals surface area (Å²) in [5.41, 5.74) is 1.49. The lowest BCUT2D eigenvalue weighted by Crippen LogP contribution is -2.57. The van der Waals surface area contributed by atoms with E-state index in [0.717, 1.165) is 18.7 Å². The minimum absolute atomic E-state index is 0.0898. The van der Waals surface area contributed by atoms with Crippen LogP contribution in [0.15, 0.2) is 18.2 Å². The molecule has 21 heavy (non-hydrogen) atoms. The second-order valence-corrected chi connectivity index (χ2v) is 5.75. The van der Waals surface area contributed by atoms with E-state index < -0.39 is 0 Å². The van der Waals surface area contributed by atoms with Crippen molar-refractivity contribution in [2.24, 2.45) is 0 Å². The van der Waals surface area contributed by atoms with Crippen molar-refractivity contribution in [1.82, 2.24) is 15.1 Å². The standard InChI is InChI=1S/C15H19ClN4O/c1-19(2)15(21)14-9-18-5-6-20(14)10-12-4-3-11(8-17)7-13(12)16/h3-4,7,14,18H,5-6,9-10H2,1-2H3. The SMILES string of the molecule is CN(C)C(=O)C1CNCCN1Cc1ccc(C#N)cc1Cl. The predicted molar refractivity (Wildman–Crippen MR) is 81.9 cm³/mol. The molecule has 1 heterocycles. The zero-order chi connectivity index (χ0) is 15.4. The molecule has 2 rings (SSSR count). The van der Waals surface area contributed by atoms with E-state index in [1.165, 1.54) is 0 Å². The molecule has 1 fully saturated rings. The van der Waals surface area contributed by atoms with Crippen LogP contribution in [0.2, 0.25) is 5.02 Å². The Labute approximate surface area is 130 Å². The normalized spacial score (nSPS) is 19.0. The van der Waals surface area contributed by atoms with Crippen molar-refractivity contribution in [2.75, 3.05) is 33.7 Å². The van der Waals surface area contributed by atoms with Gasteiger partial charge < -0.3 is 10.2 Å². The Morgan fingerprint density at radius 2 is 2.33 bits per heavy atom. The lowest BCUT2D eigenvalue weighted by atomic mass is 10.1. The van der Waals surface area contributed by atoms with Gasteiger partial charge in [-0.05, 0) is 17.7 Å². The van der Waals surface area contributed by atoms with Crippen molar-refractivity contribution >= 4 is 17.5 Å². The largest absolute Gasteiger partial charge is 0.347 e. The van der Waals surface area contributed by atoms with Gasteiger partial charge in [0.25, 0.3) is 0 Å². The summed E-state index contributed by atoms with van der Waals surface area (Å²) >= 11 is 6.23. The minimum Gasteiger partial charge on any atom is -0.347 e. The number of nitriles is 1. The molecular weight excluding hydrogens is 288 g/mol. The van der Waals surface area contributed by atoms with E-state index in [-0.39, 0.29) is 11.9 Å². The molecule has 1 amide bonds. The molecule has 1 aromatic carbocycles. The second kappa shape index (κ2) is 6.90. The molecule has 6 heteroatoms. The van der Waals surface area contributed by atoms with E-state index in [1.54, 1.807) is 31.1 Å². The summed E-state index contributed by atoms with van der Waals surface area (Å²) in [7, 11) is 3.54. The first-order valence-electron chi connectivity index (χ1n) is 6.87. The number of hydrogen-bond acceptors (Lipinski definition) is 4. The van der Waals surface area contributed by atoms with E-state index in [2.05, 4.69) is 16.3 Å². The summed E-state index contributed by atoms with van der Waals surface area (Å²) in [4.78, 5) is 16.0. The average molecular weight is 307 g/mol. The van der Waals surface area contributed by atoms with E-state index >= 15 is 0 Å². The Kier molecular flexibility index (Phi) is 5.18. The van der Waals surface area contributed by atoms with Crippen LogP contribution in [-0.4, -0.2) is 55.5 Å². The van der Waals surface area contributed by atoms with E-state index in [0.29, 0.717) is 23.7 Å². The molecule has 112 valence electrons. The van der Waals surface area contributed by atoms with Crippen LogP contribution in [-0.2, 0) is 11.3 Å². The molecule has 0 saturated carbocycles. The minimum atomic E-state index is -0.180. The Balaban J connectivity index is 2.16. The van der Waals surface area contributed by atoms with Gasteiger partial charge in [0.15, 0.2) is 0 Å². The Bertz CT molecular complexity index is 567. The molecule has 5 nitrogen and oxygen atoms in total. The summed E-state index contributed by atoms with van der Waals surface area (Å²) in [6, 6.07) is 7.18. The first-order valence-corrected chi connectivity index (χ1v) is 7.25. The summed E-state index contributed by atoms with van der Waals surface area (Å²) in [5.74, 6) is 0.0898. The number of nitrogens with zero attached hydrogens (tertiary/aromatic N) is 3. The van der Waals surface area contributed by atoms with E-state index in [1.807, 2.05) is 6.07 Å². The summed E-state index contributed by atoms with van der Waals surface area (Å²) < 4.78 is 0. The lowest BCUT2D eigenvalue weighted by molar-refractivity contribution is -0.135. The molecule has 1 aromatic rings. The number of amides is 1. The second-order valence-electron chi connectivity index (χ2n) is 5.34. The number of benzene rings is 1. The van der Waals surface area contributed by atoms with Gasteiger partial charge in [-0.25, -0.2) is 0 Å². The van der Waals surface area contributed by atoms with Crippen LogP contribution >= 0.6 is 11.6 Å². The van der Waals surface area contributed by atoms with Gasteiger partial charge in [0.1, 0.15) is 6.04 Å². The molecule has 0 aromatic heterocycles. The highest BCUT2D eigenvalue weighted by molar-refractivity contribution is 6.31. The maximum absolute atomic E-state index is 12.3. The molecule has 1 atom stereocenters. The van der Waals surface area contributed by atoms with Crippen molar-refractivity contribution in [3.8, 4) is 6.07 Å². The molecule has 0 aliphatic carbocycles. The molecule has 1 N–H and O–H groups in total. The fourth-order valence-electron chi connectivity index (χ4n) is 2.44. The Hall–Kier alpha value is -1.61. The highest BCUT2D eigenvalue weighted by Crippen LogP contribution is 2.21. The summed E-state index contributed by atoms with van der Waals surface area (Å²) in [5, 5.41) is 12.7. The third-order valence-corrected chi connectivity index (χ3v) is 3.99. The summed E-state index contributed by atoms with van der Waals surface area (Å²) in [6.45, 7) is 2.90. The summed E-state index contributed by atoms with van der Waals surface area (Å²) in [6.07, 6.45) is 0. The number of rotatable bonds is 3. The number of nitrogens with one attached hydrogen (secondary N) is 1. The lowest BCUT2D eigenvalue weighted by Gasteiger charge is -2.36. The zero-order valence-corrected chi connectivity index (χ0v) is 13.0. The molecule has 0 radical (unpaired) electrons. The molecule has 1 unspecified atom stereocenters. The first kappa shape index (κ1) is 15.8. The van der Waals surface area contributed by atoms with Gasteiger partial charge in [-0.1, -0.05) is 17.7 Å². The van der Waals surface area contributed by atoms with Crippen LogP contribution in [0.5, 0.6) is 0 Å². The molecule has 1 aliphatic heterocycles. The smallest absolute Gasteiger partial charge is 0.240 e. The molecule has 0 spiro atoms. The Morgan fingerprint density at radius 1 is 1.57 bits per heavy atom. The van der Waals surface area contributed by atoms with Gasteiger partial charge in [-0.2, -0.15) is 5.26 Å². The quantitative estimate of drug-likeness (QED) is 0.907. The van der Waals surface area contributed by atoms with Crippen LogP contribution in [0.25, 0.3) is 0 Å². The fourth-order valence-corrected chi connectivity index (χ4v) is 2.68. The van der Waals surface area contributed by atoms with Gasteiger partial charge in [0.2, 0.25) is 5.91 Å². The molecule has 1 aliphatic rings. The number of carbonyl (C=O) groups excluding carboxylic acids is 1. The van der Waals surface area contributed by atoms with Crippen LogP contribution in [0, 0.1) is 11.3 Å². The van der Waals surface area contributed by atoms with Crippen molar-refractivity contribution in [1.29, 1.82) is 5.26 Å². The monoisotopic (exact) mass is 306 g/mol. The molecular formula is C15H19ClN4O. The van der Waals surface area contributed by atoms with Crippen molar-refractivity contribution in [3.63, 3.8) is 0 Å². The number of halogens is 1. The number of carbonyl (C=O) groups is 1. The highest BCUT2D eigenvalue weighted by Gasteiger charge is 2.29. The number of likely N-dealkylation sites (N-methyl/N-ethyl adjacent to an activating group) is 1. The van der Waals surface area contributed by atoms with Crippen LogP contribution < -0.4 is 5.32 Å². The van der Waals surface area contributed by atoms with Gasteiger partial charge in [0.05, 0.1) is 11.6 Å². The van der Waals surface area contributed by atoms with Crippen molar-refractivity contribution in [2.45, 2.75) is 12.6 Å². The van der Waals surface area contributed by atoms with Crippen LogP contribution in [0.3, 0.4) is 0 Å². The third-order valence-electron chi connectivity index (χ3n) is 3.64.